The van der Waals surface area contributed by atoms with Crippen LogP contribution in [0.15, 0.2) is 29.4 Å². The molecule has 0 saturated carbocycles. The summed E-state index contributed by atoms with van der Waals surface area (Å²) >= 11 is 0. The zero-order valence-electron chi connectivity index (χ0n) is 6.19. The molecule has 3 nitrogen and oxygen atoms in total. The Morgan fingerprint density at radius 1 is 1.55 bits per heavy atom. The molecule has 1 amide bonds. The first-order valence-corrected chi connectivity index (χ1v) is 3.55. The maximum Gasteiger partial charge on any atom is 0.256 e. The quantitative estimate of drug-likeness (QED) is 0.497. The molecule has 0 spiro atoms. The molecule has 0 saturated heterocycles. The van der Waals surface area contributed by atoms with E-state index in [-0.39, 0.29) is 11.9 Å². The van der Waals surface area contributed by atoms with E-state index in [2.05, 4.69) is 4.99 Å². The fraction of sp³-hybridized carbons (Fsp3) is 0.250. The van der Waals surface area contributed by atoms with Crippen molar-refractivity contribution in [3.63, 3.8) is 0 Å². The monoisotopic (exact) mass is 148 g/mol. The van der Waals surface area contributed by atoms with Gasteiger partial charge in [-0.15, -0.1) is 0 Å². The van der Waals surface area contributed by atoms with Crippen molar-refractivity contribution < 1.29 is 4.79 Å². The molecule has 3 heteroatoms. The number of fused-ring (bicyclic) bond motifs is 1. The number of nitrogens with zero attached hydrogens (tertiary/aromatic N) is 2. The molecule has 0 bridgehead atoms. The van der Waals surface area contributed by atoms with E-state index in [0.717, 1.165) is 5.84 Å². The second-order valence-corrected chi connectivity index (χ2v) is 2.61. The fourth-order valence-corrected chi connectivity index (χ4v) is 1.14. The second-order valence-electron chi connectivity index (χ2n) is 2.61. The highest BCUT2D eigenvalue weighted by atomic mass is 16.2. The SMILES string of the molecule is CC1C=CN2C(=O)C=CC2=N1. The largest absolute Gasteiger partial charge is 0.269 e. The Morgan fingerprint density at radius 3 is 3.18 bits per heavy atom. The Morgan fingerprint density at radius 2 is 2.36 bits per heavy atom. The van der Waals surface area contributed by atoms with Crippen LogP contribution < -0.4 is 0 Å². The summed E-state index contributed by atoms with van der Waals surface area (Å²) in [7, 11) is 0. The van der Waals surface area contributed by atoms with E-state index in [4.69, 9.17) is 0 Å². The van der Waals surface area contributed by atoms with E-state index >= 15 is 0 Å². The Labute approximate surface area is 64.7 Å². The van der Waals surface area contributed by atoms with Crippen LogP contribution in [0.5, 0.6) is 0 Å². The number of aliphatic imine (C=N–C) groups is 1. The van der Waals surface area contributed by atoms with E-state index < -0.39 is 0 Å². The number of carbonyl (C=O) groups is 1. The Bertz CT molecular complexity index is 288. The van der Waals surface area contributed by atoms with Gasteiger partial charge in [0.05, 0.1) is 6.04 Å². The third-order valence-electron chi connectivity index (χ3n) is 1.71. The van der Waals surface area contributed by atoms with Crippen molar-refractivity contribution in [3.8, 4) is 0 Å². The molecule has 0 radical (unpaired) electrons. The molecule has 2 heterocycles. The van der Waals surface area contributed by atoms with E-state index in [9.17, 15) is 4.79 Å². The molecule has 1 atom stereocenters. The minimum absolute atomic E-state index is 0.00750. The van der Waals surface area contributed by atoms with Gasteiger partial charge in [0.2, 0.25) is 0 Å². The third-order valence-corrected chi connectivity index (χ3v) is 1.71. The number of amidine groups is 1. The molecule has 0 aromatic heterocycles. The highest BCUT2D eigenvalue weighted by molar-refractivity contribution is 6.16. The van der Waals surface area contributed by atoms with Gasteiger partial charge in [-0.3, -0.25) is 14.7 Å². The van der Waals surface area contributed by atoms with Crippen LogP contribution in [-0.2, 0) is 4.79 Å². The first-order chi connectivity index (χ1) is 5.27. The molecule has 2 aliphatic rings. The molecular formula is C8H8N2O. The minimum atomic E-state index is -0.00750. The minimum Gasteiger partial charge on any atom is -0.269 e. The number of rotatable bonds is 0. The number of hydrogen-bond acceptors (Lipinski definition) is 2. The van der Waals surface area contributed by atoms with Crippen molar-refractivity contribution in [2.45, 2.75) is 13.0 Å². The average Bonchev–Trinajstić information content (AvgIpc) is 2.32. The van der Waals surface area contributed by atoms with Crippen LogP contribution in [0.3, 0.4) is 0 Å². The maximum atomic E-state index is 11.0. The summed E-state index contributed by atoms with van der Waals surface area (Å²) in [4.78, 5) is 16.8. The normalized spacial score (nSPS) is 27.4. The molecule has 0 aliphatic carbocycles. The highest BCUT2D eigenvalue weighted by Crippen LogP contribution is 2.12. The van der Waals surface area contributed by atoms with E-state index in [1.807, 2.05) is 13.0 Å². The topological polar surface area (TPSA) is 32.7 Å². The predicted octanol–water partition coefficient (Wildman–Crippen LogP) is 0.699. The highest BCUT2D eigenvalue weighted by Gasteiger charge is 2.21. The Balaban J connectivity index is 2.36. The summed E-state index contributed by atoms with van der Waals surface area (Å²) in [5.74, 6) is 0.747. The van der Waals surface area contributed by atoms with Crippen LogP contribution in [-0.4, -0.2) is 22.7 Å². The fourth-order valence-electron chi connectivity index (χ4n) is 1.14. The zero-order chi connectivity index (χ0) is 7.84. The first-order valence-electron chi connectivity index (χ1n) is 3.55. The van der Waals surface area contributed by atoms with Gasteiger partial charge < -0.3 is 0 Å². The molecule has 2 rings (SSSR count). The summed E-state index contributed by atoms with van der Waals surface area (Å²) in [6.45, 7) is 1.98. The van der Waals surface area contributed by atoms with Crippen LogP contribution in [0.25, 0.3) is 0 Å². The van der Waals surface area contributed by atoms with Gasteiger partial charge in [-0.1, -0.05) is 0 Å². The lowest BCUT2D eigenvalue weighted by atomic mass is 10.3. The molecule has 2 aliphatic heterocycles. The molecule has 11 heavy (non-hydrogen) atoms. The van der Waals surface area contributed by atoms with Crippen molar-refractivity contribution in [3.05, 3.63) is 24.4 Å². The lowest BCUT2D eigenvalue weighted by Gasteiger charge is -2.17. The molecule has 56 valence electrons. The summed E-state index contributed by atoms with van der Waals surface area (Å²) < 4.78 is 0. The molecule has 0 fully saturated rings. The summed E-state index contributed by atoms with van der Waals surface area (Å²) in [6.07, 6.45) is 6.94. The predicted molar refractivity (Wildman–Crippen MR) is 42.0 cm³/mol. The lowest BCUT2D eigenvalue weighted by Crippen LogP contribution is -2.28. The zero-order valence-corrected chi connectivity index (χ0v) is 6.19. The van der Waals surface area contributed by atoms with E-state index in [1.54, 1.807) is 17.2 Å². The van der Waals surface area contributed by atoms with Crippen molar-refractivity contribution in [1.82, 2.24) is 4.90 Å². The van der Waals surface area contributed by atoms with Gasteiger partial charge >= 0.3 is 0 Å². The van der Waals surface area contributed by atoms with Crippen LogP contribution >= 0.6 is 0 Å². The summed E-state index contributed by atoms with van der Waals surface area (Å²) in [5.41, 5.74) is 0. The van der Waals surface area contributed by atoms with Gasteiger partial charge in [0, 0.05) is 12.3 Å². The van der Waals surface area contributed by atoms with Crippen molar-refractivity contribution in [2.75, 3.05) is 0 Å². The molecule has 0 N–H and O–H groups in total. The van der Waals surface area contributed by atoms with Crippen LogP contribution in [0, 0.1) is 0 Å². The number of amides is 1. The van der Waals surface area contributed by atoms with E-state index in [1.165, 1.54) is 6.08 Å². The average molecular weight is 148 g/mol. The molecule has 0 aromatic rings. The van der Waals surface area contributed by atoms with Gasteiger partial charge in [0.25, 0.3) is 5.91 Å². The summed E-state index contributed by atoms with van der Waals surface area (Å²) in [6, 6.07) is 0.191. The molecular weight excluding hydrogens is 140 g/mol. The van der Waals surface area contributed by atoms with Crippen LogP contribution in [0.4, 0.5) is 0 Å². The lowest BCUT2D eigenvalue weighted by molar-refractivity contribution is -0.120. The van der Waals surface area contributed by atoms with Gasteiger partial charge in [0.15, 0.2) is 0 Å². The van der Waals surface area contributed by atoms with E-state index in [0.29, 0.717) is 0 Å². The first kappa shape index (κ1) is 6.34. The number of hydrogen-bond donors (Lipinski definition) is 0. The van der Waals surface area contributed by atoms with Gasteiger partial charge in [-0.05, 0) is 19.1 Å². The van der Waals surface area contributed by atoms with Gasteiger partial charge in [-0.25, -0.2) is 0 Å². The second kappa shape index (κ2) is 2.05. The van der Waals surface area contributed by atoms with Crippen molar-refractivity contribution >= 4 is 11.7 Å². The molecule has 1 unspecified atom stereocenters. The van der Waals surface area contributed by atoms with Gasteiger partial charge in [-0.2, -0.15) is 0 Å². The standard InChI is InChI=1S/C8H8N2O/c1-6-4-5-10-7(9-6)2-3-8(10)11/h2-6H,1H3. The smallest absolute Gasteiger partial charge is 0.256 e. The van der Waals surface area contributed by atoms with Crippen molar-refractivity contribution in [1.29, 1.82) is 0 Å². The Kier molecular flexibility index (Phi) is 1.18. The van der Waals surface area contributed by atoms with Crippen LogP contribution in [0.2, 0.25) is 0 Å². The van der Waals surface area contributed by atoms with Gasteiger partial charge in [0.1, 0.15) is 5.84 Å². The summed E-state index contributed by atoms with van der Waals surface area (Å²) in [5, 5.41) is 0. The Hall–Kier alpha value is -1.38. The van der Waals surface area contributed by atoms with Crippen LogP contribution in [0.1, 0.15) is 6.92 Å². The maximum absolute atomic E-state index is 11.0. The van der Waals surface area contributed by atoms with Crippen molar-refractivity contribution in [2.24, 2.45) is 4.99 Å². The third kappa shape index (κ3) is 0.888. The number of carbonyl (C=O) groups excluding carboxylic acids is 1. The molecule has 0 aromatic carbocycles.